The Labute approximate surface area is 125 Å². The van der Waals surface area contributed by atoms with Crippen molar-refractivity contribution in [1.82, 2.24) is 0 Å². The maximum atomic E-state index is 13.6. The molecule has 0 bridgehead atoms. The van der Waals surface area contributed by atoms with E-state index in [4.69, 9.17) is 5.26 Å². The lowest BCUT2D eigenvalue weighted by Crippen LogP contribution is -2.13. The largest absolute Gasteiger partial charge is 0.276 e. The van der Waals surface area contributed by atoms with Crippen LogP contribution in [0.15, 0.2) is 32.9 Å². The molecule has 0 spiro atoms. The molecule has 20 heavy (non-hydrogen) atoms. The van der Waals surface area contributed by atoms with Crippen LogP contribution in [-0.4, -0.2) is 8.42 Å². The Morgan fingerprint density at radius 3 is 2.55 bits per heavy atom. The Morgan fingerprint density at radius 1 is 1.25 bits per heavy atom. The standard InChI is InChI=1S/C11H5BrF2N2O2S2/c12-7-3-9(14)10(4-8(7)13)16-20(17,18)11-2-1-6(5-15)19-11/h1-4,16H. The fraction of sp³-hybridized carbons (Fsp3) is 0. The van der Waals surface area contributed by atoms with E-state index >= 15 is 0 Å². The highest BCUT2D eigenvalue weighted by Gasteiger charge is 2.20. The second kappa shape index (κ2) is 5.47. The van der Waals surface area contributed by atoms with Gasteiger partial charge in [0.05, 0.1) is 10.2 Å². The summed E-state index contributed by atoms with van der Waals surface area (Å²) in [7, 11) is -4.06. The Morgan fingerprint density at radius 2 is 1.95 bits per heavy atom. The van der Waals surface area contributed by atoms with Crippen molar-refractivity contribution in [2.75, 3.05) is 4.72 Å². The number of halogens is 3. The van der Waals surface area contributed by atoms with Gasteiger partial charge in [-0.15, -0.1) is 11.3 Å². The fourth-order valence-electron chi connectivity index (χ4n) is 1.32. The van der Waals surface area contributed by atoms with Crippen LogP contribution in [0.25, 0.3) is 0 Å². The van der Waals surface area contributed by atoms with Crippen molar-refractivity contribution in [2.45, 2.75) is 4.21 Å². The van der Waals surface area contributed by atoms with Crippen molar-refractivity contribution < 1.29 is 17.2 Å². The van der Waals surface area contributed by atoms with E-state index in [1.165, 1.54) is 12.1 Å². The normalized spacial score (nSPS) is 11.1. The van der Waals surface area contributed by atoms with E-state index in [9.17, 15) is 17.2 Å². The van der Waals surface area contributed by atoms with Crippen molar-refractivity contribution in [1.29, 1.82) is 5.26 Å². The molecule has 1 heterocycles. The molecule has 1 N–H and O–H groups in total. The molecule has 0 saturated carbocycles. The molecule has 0 saturated heterocycles. The number of hydrogen-bond donors (Lipinski definition) is 1. The van der Waals surface area contributed by atoms with Crippen molar-refractivity contribution >= 4 is 43.0 Å². The van der Waals surface area contributed by atoms with Crippen molar-refractivity contribution in [3.8, 4) is 6.07 Å². The summed E-state index contributed by atoms with van der Waals surface area (Å²) in [5, 5.41) is 8.65. The number of thiophene rings is 1. The van der Waals surface area contributed by atoms with Gasteiger partial charge in [-0.1, -0.05) is 0 Å². The lowest BCUT2D eigenvalue weighted by atomic mass is 10.3. The van der Waals surface area contributed by atoms with Gasteiger partial charge in [0.25, 0.3) is 10.0 Å². The molecule has 0 atom stereocenters. The first-order chi connectivity index (χ1) is 9.33. The van der Waals surface area contributed by atoms with Crippen molar-refractivity contribution in [2.24, 2.45) is 0 Å². The van der Waals surface area contributed by atoms with E-state index in [1.54, 1.807) is 6.07 Å². The summed E-state index contributed by atoms with van der Waals surface area (Å²) in [6.07, 6.45) is 0. The van der Waals surface area contributed by atoms with Gasteiger partial charge in [-0.3, -0.25) is 4.72 Å². The Hall–Kier alpha value is -1.50. The third kappa shape index (κ3) is 2.98. The lowest BCUT2D eigenvalue weighted by Gasteiger charge is -2.08. The van der Waals surface area contributed by atoms with Crippen LogP contribution in [0, 0.1) is 23.0 Å². The minimum absolute atomic E-state index is 0.110. The smallest absolute Gasteiger partial charge is 0.271 e. The number of anilines is 1. The zero-order chi connectivity index (χ0) is 14.9. The maximum absolute atomic E-state index is 13.6. The summed E-state index contributed by atoms with van der Waals surface area (Å²) in [5.74, 6) is -1.72. The van der Waals surface area contributed by atoms with Gasteiger partial charge in [-0.2, -0.15) is 5.26 Å². The van der Waals surface area contributed by atoms with Gasteiger partial charge in [0.2, 0.25) is 0 Å². The number of nitrogens with one attached hydrogen (secondary N) is 1. The number of benzene rings is 1. The Bertz CT molecular complexity index is 812. The second-order valence-corrected chi connectivity index (χ2v) is 7.43. The molecule has 1 aromatic heterocycles. The minimum atomic E-state index is -4.06. The van der Waals surface area contributed by atoms with Gasteiger partial charge >= 0.3 is 0 Å². The molecule has 2 rings (SSSR count). The zero-order valence-corrected chi connectivity index (χ0v) is 12.7. The average molecular weight is 379 g/mol. The molecular formula is C11H5BrF2N2O2S2. The minimum Gasteiger partial charge on any atom is -0.276 e. The van der Waals surface area contributed by atoms with Crippen molar-refractivity contribution in [3.63, 3.8) is 0 Å². The molecule has 0 unspecified atom stereocenters. The summed E-state index contributed by atoms with van der Waals surface area (Å²) in [4.78, 5) is 0.202. The van der Waals surface area contributed by atoms with Gasteiger partial charge < -0.3 is 0 Å². The summed E-state index contributed by atoms with van der Waals surface area (Å²) in [6, 6.07) is 5.90. The molecule has 0 amide bonds. The molecule has 104 valence electrons. The SMILES string of the molecule is N#Cc1ccc(S(=O)(=O)Nc2cc(F)c(Br)cc2F)s1. The molecule has 1 aromatic carbocycles. The lowest BCUT2D eigenvalue weighted by molar-refractivity contribution is 0.592. The second-order valence-electron chi connectivity index (χ2n) is 3.58. The van der Waals surface area contributed by atoms with E-state index in [2.05, 4.69) is 15.9 Å². The number of hydrogen-bond acceptors (Lipinski definition) is 4. The van der Waals surface area contributed by atoms with Crippen LogP contribution in [0.4, 0.5) is 14.5 Å². The van der Waals surface area contributed by atoms with E-state index < -0.39 is 27.3 Å². The molecule has 4 nitrogen and oxygen atoms in total. The predicted octanol–water partition coefficient (Wildman–Crippen LogP) is 3.46. The first kappa shape index (κ1) is 14.9. The van der Waals surface area contributed by atoms with E-state index in [-0.39, 0.29) is 13.6 Å². The van der Waals surface area contributed by atoms with Crippen LogP contribution in [0.3, 0.4) is 0 Å². The van der Waals surface area contributed by atoms with E-state index in [1.807, 2.05) is 4.72 Å². The van der Waals surface area contributed by atoms with Crippen LogP contribution >= 0.6 is 27.3 Å². The van der Waals surface area contributed by atoms with Crippen LogP contribution in [0.2, 0.25) is 0 Å². The third-order valence-electron chi connectivity index (χ3n) is 2.21. The highest BCUT2D eigenvalue weighted by molar-refractivity contribution is 9.10. The third-order valence-corrected chi connectivity index (χ3v) is 5.67. The summed E-state index contributed by atoms with van der Waals surface area (Å²) >= 11 is 3.53. The summed E-state index contributed by atoms with van der Waals surface area (Å²) in [5.41, 5.74) is -0.502. The summed E-state index contributed by atoms with van der Waals surface area (Å²) in [6.45, 7) is 0. The van der Waals surface area contributed by atoms with Gasteiger partial charge in [-0.25, -0.2) is 17.2 Å². The average Bonchev–Trinajstić information content (AvgIpc) is 2.85. The van der Waals surface area contributed by atoms with Crippen LogP contribution < -0.4 is 4.72 Å². The first-order valence-corrected chi connectivity index (χ1v) is 8.10. The number of sulfonamides is 1. The monoisotopic (exact) mass is 378 g/mol. The topological polar surface area (TPSA) is 70.0 Å². The quantitative estimate of drug-likeness (QED) is 0.831. The molecule has 0 aliphatic rings. The molecule has 0 fully saturated rings. The van der Waals surface area contributed by atoms with Gasteiger partial charge in [-0.05, 0) is 34.1 Å². The van der Waals surface area contributed by atoms with Crippen LogP contribution in [0.1, 0.15) is 4.88 Å². The van der Waals surface area contributed by atoms with E-state index in [0.29, 0.717) is 0 Å². The van der Waals surface area contributed by atoms with Gasteiger partial charge in [0.1, 0.15) is 26.8 Å². The van der Waals surface area contributed by atoms with E-state index in [0.717, 1.165) is 23.5 Å². The van der Waals surface area contributed by atoms with Crippen LogP contribution in [0.5, 0.6) is 0 Å². The molecule has 0 aliphatic carbocycles. The first-order valence-electron chi connectivity index (χ1n) is 5.01. The highest BCUT2D eigenvalue weighted by Crippen LogP contribution is 2.27. The predicted molar refractivity (Wildman–Crippen MR) is 73.9 cm³/mol. The zero-order valence-electron chi connectivity index (χ0n) is 9.52. The molecular weight excluding hydrogens is 374 g/mol. The number of rotatable bonds is 3. The van der Waals surface area contributed by atoms with Crippen LogP contribution in [-0.2, 0) is 10.0 Å². The number of nitriles is 1. The van der Waals surface area contributed by atoms with Crippen molar-refractivity contribution in [3.05, 3.63) is 45.2 Å². The van der Waals surface area contributed by atoms with Gasteiger partial charge in [0, 0.05) is 6.07 Å². The Kier molecular flexibility index (Phi) is 4.08. The molecule has 9 heteroatoms. The molecule has 2 aromatic rings. The fourth-order valence-corrected chi connectivity index (χ4v) is 3.80. The maximum Gasteiger partial charge on any atom is 0.271 e. The molecule has 0 radical (unpaired) electrons. The van der Waals surface area contributed by atoms with Gasteiger partial charge in [0.15, 0.2) is 0 Å². The summed E-state index contributed by atoms with van der Waals surface area (Å²) < 4.78 is 52.5. The highest BCUT2D eigenvalue weighted by atomic mass is 79.9. The number of nitrogens with zero attached hydrogens (tertiary/aromatic N) is 1. The molecule has 0 aliphatic heterocycles. The Balaban J connectivity index is 2.38.